The van der Waals surface area contributed by atoms with Gasteiger partial charge in [0.1, 0.15) is 13.1 Å². The van der Waals surface area contributed by atoms with Crippen molar-refractivity contribution >= 4 is 23.6 Å². The number of carbonyl (C=O) groups is 2. The number of amidine groups is 2. The van der Waals surface area contributed by atoms with Gasteiger partial charge in [-0.05, 0) is 16.1 Å². The van der Waals surface area contributed by atoms with Crippen LogP contribution in [0.2, 0.25) is 0 Å². The molecule has 1 saturated heterocycles. The maximum atomic E-state index is 13.0. The van der Waals surface area contributed by atoms with Crippen LogP contribution in [0.15, 0.2) is 78.3 Å². The van der Waals surface area contributed by atoms with Gasteiger partial charge in [-0.2, -0.15) is 0 Å². The molecule has 0 saturated carbocycles. The molecular formula is C25H28N5O2+. The van der Waals surface area contributed by atoms with Crippen molar-refractivity contribution in [3.63, 3.8) is 0 Å². The number of hydrogen-bond acceptors (Lipinski definition) is 4. The number of rotatable bonds is 8. The number of aliphatic imine (C=N–C) groups is 1. The van der Waals surface area contributed by atoms with E-state index in [1.807, 2.05) is 41.0 Å². The van der Waals surface area contributed by atoms with Crippen LogP contribution in [0.4, 0.5) is 4.79 Å². The highest BCUT2D eigenvalue weighted by Gasteiger charge is 2.52. The van der Waals surface area contributed by atoms with Crippen molar-refractivity contribution in [1.82, 2.24) is 14.7 Å². The third-order valence-corrected chi connectivity index (χ3v) is 5.80. The summed E-state index contributed by atoms with van der Waals surface area (Å²) < 4.78 is 1.95. The van der Waals surface area contributed by atoms with Crippen molar-refractivity contribution < 1.29 is 14.2 Å². The minimum absolute atomic E-state index is 0.263. The van der Waals surface area contributed by atoms with Crippen LogP contribution in [-0.2, 0) is 17.9 Å². The molecule has 1 fully saturated rings. The summed E-state index contributed by atoms with van der Waals surface area (Å²) in [5.74, 6) is 0.982. The van der Waals surface area contributed by atoms with Crippen LogP contribution in [0.5, 0.6) is 0 Å². The first-order chi connectivity index (χ1) is 15.5. The molecular weight excluding hydrogens is 402 g/mol. The van der Waals surface area contributed by atoms with Crippen molar-refractivity contribution in [3.8, 4) is 0 Å². The molecule has 0 bridgehead atoms. The Balaban J connectivity index is 1.67. The fraction of sp³-hybridized carbons (Fsp3) is 0.280. The van der Waals surface area contributed by atoms with Gasteiger partial charge < -0.3 is 0 Å². The second-order valence-electron chi connectivity index (χ2n) is 8.09. The second-order valence-corrected chi connectivity index (χ2v) is 8.09. The lowest BCUT2D eigenvalue weighted by Gasteiger charge is -2.30. The lowest BCUT2D eigenvalue weighted by Crippen LogP contribution is -2.61. The number of carbonyl (C=O) groups excluding carboxylic acids is 2. The zero-order valence-corrected chi connectivity index (χ0v) is 18.5. The Morgan fingerprint density at radius 1 is 0.938 bits per heavy atom. The third kappa shape index (κ3) is 4.24. The fourth-order valence-electron chi connectivity index (χ4n) is 4.18. The Morgan fingerprint density at radius 3 is 2.03 bits per heavy atom. The van der Waals surface area contributed by atoms with Gasteiger partial charge in [-0.25, -0.2) is 9.37 Å². The number of urea groups is 1. The smallest absolute Gasteiger partial charge is 0.284 e. The number of likely N-dealkylation sites (N-methyl/N-ethyl adjacent to an activating group) is 2. The van der Waals surface area contributed by atoms with Crippen LogP contribution in [0.25, 0.3) is 0 Å². The van der Waals surface area contributed by atoms with Crippen LogP contribution in [-0.4, -0.2) is 76.1 Å². The largest absolute Gasteiger partial charge is 0.333 e. The van der Waals surface area contributed by atoms with Crippen molar-refractivity contribution in [3.05, 3.63) is 84.4 Å². The van der Waals surface area contributed by atoms with E-state index in [0.29, 0.717) is 18.9 Å². The van der Waals surface area contributed by atoms with Gasteiger partial charge >= 0.3 is 11.9 Å². The van der Waals surface area contributed by atoms with Gasteiger partial charge in [0.2, 0.25) is 0 Å². The van der Waals surface area contributed by atoms with E-state index in [1.165, 1.54) is 23.1 Å². The summed E-state index contributed by atoms with van der Waals surface area (Å²) in [5, 5.41) is 0. The molecule has 2 aromatic carbocycles. The molecule has 2 aliphatic heterocycles. The molecule has 4 rings (SSSR count). The molecule has 0 aliphatic carbocycles. The molecule has 0 radical (unpaired) electrons. The summed E-state index contributed by atoms with van der Waals surface area (Å²) in [6.45, 7) is 6.34. The topological polar surface area (TPSA) is 59.2 Å². The summed E-state index contributed by atoms with van der Waals surface area (Å²) >= 11 is 0. The van der Waals surface area contributed by atoms with E-state index in [0.717, 1.165) is 23.8 Å². The van der Waals surface area contributed by atoms with Crippen LogP contribution >= 0.6 is 0 Å². The number of fused-ring (bicyclic) bond motifs is 1. The molecule has 2 aromatic rings. The average Bonchev–Trinajstić information content (AvgIpc) is 3.16. The Bertz CT molecular complexity index is 1040. The van der Waals surface area contributed by atoms with Crippen LogP contribution in [0.3, 0.4) is 0 Å². The molecule has 2 aliphatic rings. The van der Waals surface area contributed by atoms with E-state index >= 15 is 0 Å². The van der Waals surface area contributed by atoms with E-state index in [9.17, 15) is 9.59 Å². The van der Waals surface area contributed by atoms with Crippen LogP contribution in [0, 0.1) is 0 Å². The van der Waals surface area contributed by atoms with E-state index in [4.69, 9.17) is 4.99 Å². The zero-order chi connectivity index (χ0) is 22.7. The van der Waals surface area contributed by atoms with E-state index in [2.05, 4.69) is 35.7 Å². The molecule has 164 valence electrons. The molecule has 2 heterocycles. The second kappa shape index (κ2) is 9.28. The summed E-state index contributed by atoms with van der Waals surface area (Å²) in [5.41, 5.74) is 2.40. The first-order valence-corrected chi connectivity index (χ1v) is 10.7. The molecule has 1 unspecified atom stereocenters. The highest BCUT2D eigenvalue weighted by Crippen LogP contribution is 2.20. The lowest BCUT2D eigenvalue weighted by atomic mass is 10.1. The standard InChI is InChI=1S/C25H28N5O2/c1-4-15-30-21(26-23-22(30)24(31)28(3)25(32)27(23)2)18-29(16-19-11-7-5-8-12-19)17-20-13-9-6-10-14-20/h4-14,22H,1,15-18H2,2-3H3/q+1. The summed E-state index contributed by atoms with van der Waals surface area (Å²) in [6.07, 6.45) is 1.76. The van der Waals surface area contributed by atoms with Gasteiger partial charge in [0.15, 0.2) is 0 Å². The van der Waals surface area contributed by atoms with Gasteiger partial charge in [-0.15, -0.1) is 0 Å². The highest BCUT2D eigenvalue weighted by atomic mass is 16.2. The SMILES string of the molecule is C=CC[N+]1=C(CN(Cc2ccccc2)Cc2ccccc2)N=C2C1C(=O)N(C)C(=O)N2C. The Labute approximate surface area is 188 Å². The quantitative estimate of drug-likeness (QED) is 0.478. The number of imide groups is 1. The number of nitrogens with zero attached hydrogens (tertiary/aromatic N) is 5. The van der Waals surface area contributed by atoms with Crippen LogP contribution in [0.1, 0.15) is 11.1 Å². The maximum absolute atomic E-state index is 13.0. The molecule has 0 N–H and O–H groups in total. The lowest BCUT2D eigenvalue weighted by molar-refractivity contribution is -0.526. The number of benzene rings is 2. The Hall–Kier alpha value is -3.58. The van der Waals surface area contributed by atoms with Crippen molar-refractivity contribution in [2.45, 2.75) is 19.1 Å². The normalized spacial score (nSPS) is 18.3. The first-order valence-electron chi connectivity index (χ1n) is 10.7. The monoisotopic (exact) mass is 430 g/mol. The highest BCUT2D eigenvalue weighted by molar-refractivity contribution is 6.23. The summed E-state index contributed by atoms with van der Waals surface area (Å²) in [4.78, 5) is 35.1. The molecule has 1 atom stereocenters. The molecule has 0 spiro atoms. The summed E-state index contributed by atoms with van der Waals surface area (Å²) in [7, 11) is 3.18. The molecule has 3 amide bonds. The van der Waals surface area contributed by atoms with Crippen molar-refractivity contribution in [2.24, 2.45) is 4.99 Å². The van der Waals surface area contributed by atoms with Gasteiger partial charge in [-0.3, -0.25) is 19.5 Å². The van der Waals surface area contributed by atoms with Gasteiger partial charge in [0, 0.05) is 27.2 Å². The van der Waals surface area contributed by atoms with Crippen molar-refractivity contribution in [1.29, 1.82) is 0 Å². The molecule has 7 nitrogen and oxygen atoms in total. The van der Waals surface area contributed by atoms with Gasteiger partial charge in [0.25, 0.3) is 17.8 Å². The maximum Gasteiger partial charge on any atom is 0.333 e. The van der Waals surface area contributed by atoms with E-state index < -0.39 is 6.04 Å². The first kappa shape index (κ1) is 21.6. The van der Waals surface area contributed by atoms with Gasteiger partial charge in [-0.1, -0.05) is 73.3 Å². The molecule has 0 aromatic heterocycles. The predicted octanol–water partition coefficient (Wildman–Crippen LogP) is 2.59. The minimum atomic E-state index is -0.606. The summed E-state index contributed by atoms with van der Waals surface area (Å²) in [6, 6.07) is 19.6. The Kier molecular flexibility index (Phi) is 6.28. The van der Waals surface area contributed by atoms with E-state index in [1.54, 1.807) is 13.1 Å². The van der Waals surface area contributed by atoms with Crippen molar-refractivity contribution in [2.75, 3.05) is 27.2 Å². The third-order valence-electron chi connectivity index (χ3n) is 5.80. The molecule has 7 heteroatoms. The van der Waals surface area contributed by atoms with Crippen LogP contribution < -0.4 is 0 Å². The van der Waals surface area contributed by atoms with Gasteiger partial charge in [0.05, 0.1) is 0 Å². The minimum Gasteiger partial charge on any atom is -0.284 e. The van der Waals surface area contributed by atoms with E-state index in [-0.39, 0.29) is 11.9 Å². The number of amides is 3. The number of hydrogen-bond donors (Lipinski definition) is 0. The Morgan fingerprint density at radius 2 is 1.50 bits per heavy atom. The predicted molar refractivity (Wildman–Crippen MR) is 124 cm³/mol. The zero-order valence-electron chi connectivity index (χ0n) is 18.5. The average molecular weight is 431 g/mol. The molecule has 32 heavy (non-hydrogen) atoms. The fourth-order valence-corrected chi connectivity index (χ4v) is 4.18.